The van der Waals surface area contributed by atoms with Gasteiger partial charge in [0.2, 0.25) is 0 Å². The van der Waals surface area contributed by atoms with E-state index in [1.165, 1.54) is 24.1 Å². The maximum atomic E-state index is 5.72. The maximum absolute atomic E-state index is 5.72. The van der Waals surface area contributed by atoms with Gasteiger partial charge in [-0.05, 0) is 37.8 Å². The SMILES string of the molecule is CCOCC1CN(Cc2ccco2)Cc2cn(CC3CC3)nc21. The van der Waals surface area contributed by atoms with Crippen molar-refractivity contribution >= 4 is 0 Å². The summed E-state index contributed by atoms with van der Waals surface area (Å²) in [5, 5.41) is 4.88. The Labute approximate surface area is 137 Å². The monoisotopic (exact) mass is 315 g/mol. The van der Waals surface area contributed by atoms with E-state index in [9.17, 15) is 0 Å². The lowest BCUT2D eigenvalue weighted by molar-refractivity contribution is 0.101. The van der Waals surface area contributed by atoms with Gasteiger partial charge in [0, 0.05) is 43.9 Å². The van der Waals surface area contributed by atoms with Crippen LogP contribution in [0.3, 0.4) is 0 Å². The normalized spacial score (nSPS) is 21.5. The van der Waals surface area contributed by atoms with E-state index in [1.54, 1.807) is 6.26 Å². The van der Waals surface area contributed by atoms with Crippen LogP contribution in [0.15, 0.2) is 29.0 Å². The van der Waals surface area contributed by atoms with Crippen molar-refractivity contribution < 1.29 is 9.15 Å². The van der Waals surface area contributed by atoms with Crippen molar-refractivity contribution in [3.63, 3.8) is 0 Å². The van der Waals surface area contributed by atoms with Crippen LogP contribution in [0.5, 0.6) is 0 Å². The Morgan fingerprint density at radius 1 is 1.39 bits per heavy atom. The van der Waals surface area contributed by atoms with Gasteiger partial charge in [0.1, 0.15) is 5.76 Å². The molecule has 1 unspecified atom stereocenters. The average molecular weight is 315 g/mol. The van der Waals surface area contributed by atoms with Crippen LogP contribution in [0.4, 0.5) is 0 Å². The van der Waals surface area contributed by atoms with E-state index in [4.69, 9.17) is 14.3 Å². The van der Waals surface area contributed by atoms with E-state index in [0.717, 1.165) is 51.1 Å². The van der Waals surface area contributed by atoms with Gasteiger partial charge in [-0.2, -0.15) is 5.10 Å². The van der Waals surface area contributed by atoms with E-state index < -0.39 is 0 Å². The topological polar surface area (TPSA) is 43.4 Å². The fourth-order valence-electron chi connectivity index (χ4n) is 3.44. The standard InChI is InChI=1S/C18H25N3O2/c1-2-22-13-16-10-20(12-17-4-3-7-23-17)9-15-11-21(19-18(15)16)8-14-5-6-14/h3-4,7,11,14,16H,2,5-6,8-10,12-13H2,1H3. The van der Waals surface area contributed by atoms with E-state index >= 15 is 0 Å². The summed E-state index contributed by atoms with van der Waals surface area (Å²) in [5.41, 5.74) is 2.60. The fraction of sp³-hybridized carbons (Fsp3) is 0.611. The molecule has 1 aliphatic heterocycles. The molecule has 2 aromatic heterocycles. The van der Waals surface area contributed by atoms with E-state index in [1.807, 2.05) is 12.1 Å². The number of furan rings is 1. The van der Waals surface area contributed by atoms with Crippen LogP contribution in [0.25, 0.3) is 0 Å². The van der Waals surface area contributed by atoms with Crippen molar-refractivity contribution in [1.29, 1.82) is 0 Å². The Morgan fingerprint density at radius 2 is 2.30 bits per heavy atom. The van der Waals surface area contributed by atoms with Crippen molar-refractivity contribution in [2.45, 2.75) is 45.3 Å². The molecule has 5 nitrogen and oxygen atoms in total. The number of aromatic nitrogens is 2. The molecule has 4 rings (SSSR count). The number of fused-ring (bicyclic) bond motifs is 1. The molecule has 124 valence electrons. The fourth-order valence-corrected chi connectivity index (χ4v) is 3.44. The van der Waals surface area contributed by atoms with Gasteiger partial charge in [-0.25, -0.2) is 0 Å². The molecule has 2 aromatic rings. The molecule has 23 heavy (non-hydrogen) atoms. The van der Waals surface area contributed by atoms with Gasteiger partial charge < -0.3 is 9.15 Å². The predicted octanol–water partition coefficient (Wildman–Crippen LogP) is 3.02. The van der Waals surface area contributed by atoms with E-state index in [-0.39, 0.29) is 0 Å². The molecule has 3 heterocycles. The van der Waals surface area contributed by atoms with Crippen LogP contribution >= 0.6 is 0 Å². The molecule has 2 aliphatic rings. The maximum Gasteiger partial charge on any atom is 0.117 e. The lowest BCUT2D eigenvalue weighted by Gasteiger charge is -2.31. The number of hydrogen-bond donors (Lipinski definition) is 0. The van der Waals surface area contributed by atoms with Crippen molar-refractivity contribution in [2.75, 3.05) is 19.8 Å². The summed E-state index contributed by atoms with van der Waals surface area (Å²) in [6.07, 6.45) is 6.71. The molecule has 1 aliphatic carbocycles. The predicted molar refractivity (Wildman–Crippen MR) is 87.0 cm³/mol. The van der Waals surface area contributed by atoms with Crippen molar-refractivity contribution in [3.8, 4) is 0 Å². The summed E-state index contributed by atoms with van der Waals surface area (Å²) in [6.45, 7) is 7.41. The van der Waals surface area contributed by atoms with Gasteiger partial charge in [0.25, 0.3) is 0 Å². The Bertz CT molecular complexity index is 631. The highest BCUT2D eigenvalue weighted by Gasteiger charge is 2.30. The minimum absolute atomic E-state index is 0.356. The van der Waals surface area contributed by atoms with Gasteiger partial charge in [-0.3, -0.25) is 9.58 Å². The van der Waals surface area contributed by atoms with E-state index in [2.05, 4.69) is 22.7 Å². The summed E-state index contributed by atoms with van der Waals surface area (Å²) >= 11 is 0. The first-order valence-corrected chi connectivity index (χ1v) is 8.70. The Morgan fingerprint density at radius 3 is 3.04 bits per heavy atom. The molecule has 1 atom stereocenters. The van der Waals surface area contributed by atoms with Crippen LogP contribution < -0.4 is 0 Å². The van der Waals surface area contributed by atoms with Crippen molar-refractivity contribution in [3.05, 3.63) is 41.6 Å². The lowest BCUT2D eigenvalue weighted by Crippen LogP contribution is -2.34. The molecule has 0 amide bonds. The molecular weight excluding hydrogens is 290 g/mol. The van der Waals surface area contributed by atoms with Crippen LogP contribution in [0, 0.1) is 5.92 Å². The minimum Gasteiger partial charge on any atom is -0.468 e. The summed E-state index contributed by atoms with van der Waals surface area (Å²) in [4.78, 5) is 2.44. The quantitative estimate of drug-likeness (QED) is 0.788. The molecule has 1 saturated carbocycles. The number of nitrogens with zero attached hydrogens (tertiary/aromatic N) is 3. The van der Waals surface area contributed by atoms with Gasteiger partial charge in [-0.1, -0.05) is 0 Å². The second-order valence-corrected chi connectivity index (χ2v) is 6.81. The van der Waals surface area contributed by atoms with Crippen LogP contribution in [-0.4, -0.2) is 34.4 Å². The van der Waals surface area contributed by atoms with E-state index in [0.29, 0.717) is 5.92 Å². The van der Waals surface area contributed by atoms with Gasteiger partial charge in [-0.15, -0.1) is 0 Å². The van der Waals surface area contributed by atoms with Gasteiger partial charge in [0.15, 0.2) is 0 Å². The largest absolute Gasteiger partial charge is 0.468 e. The lowest BCUT2D eigenvalue weighted by atomic mass is 9.97. The Kier molecular flexibility index (Phi) is 4.23. The second kappa shape index (κ2) is 6.49. The molecule has 1 fully saturated rings. The smallest absolute Gasteiger partial charge is 0.117 e. The highest BCUT2D eigenvalue weighted by Crippen LogP contribution is 2.33. The highest BCUT2D eigenvalue weighted by atomic mass is 16.5. The second-order valence-electron chi connectivity index (χ2n) is 6.81. The first-order valence-electron chi connectivity index (χ1n) is 8.70. The summed E-state index contributed by atoms with van der Waals surface area (Å²) in [7, 11) is 0. The van der Waals surface area contributed by atoms with Crippen molar-refractivity contribution in [1.82, 2.24) is 14.7 Å². The molecule has 0 bridgehead atoms. The summed E-state index contributed by atoms with van der Waals surface area (Å²) in [5.74, 6) is 2.23. The first-order chi connectivity index (χ1) is 11.3. The third-order valence-electron chi connectivity index (χ3n) is 4.75. The zero-order valence-electron chi connectivity index (χ0n) is 13.8. The molecule has 0 saturated heterocycles. The minimum atomic E-state index is 0.356. The van der Waals surface area contributed by atoms with Gasteiger partial charge in [0.05, 0.1) is 25.1 Å². The highest BCUT2D eigenvalue weighted by molar-refractivity contribution is 5.25. The number of rotatable bonds is 7. The van der Waals surface area contributed by atoms with Crippen LogP contribution in [-0.2, 0) is 24.4 Å². The zero-order valence-corrected chi connectivity index (χ0v) is 13.8. The summed E-state index contributed by atoms with van der Waals surface area (Å²) < 4.78 is 13.4. The van der Waals surface area contributed by atoms with Crippen LogP contribution in [0.1, 0.15) is 42.7 Å². The summed E-state index contributed by atoms with van der Waals surface area (Å²) in [6, 6.07) is 4.00. The molecular formula is C18H25N3O2. The molecule has 0 aromatic carbocycles. The number of ether oxygens (including phenoxy) is 1. The van der Waals surface area contributed by atoms with Gasteiger partial charge >= 0.3 is 0 Å². The number of hydrogen-bond acceptors (Lipinski definition) is 4. The van der Waals surface area contributed by atoms with Crippen molar-refractivity contribution in [2.24, 2.45) is 5.92 Å². The Hall–Kier alpha value is -1.59. The first kappa shape index (κ1) is 15.0. The third kappa shape index (κ3) is 3.51. The zero-order chi connectivity index (χ0) is 15.6. The average Bonchev–Trinajstić information content (AvgIpc) is 3.04. The van der Waals surface area contributed by atoms with Crippen LogP contribution in [0.2, 0.25) is 0 Å². The Balaban J connectivity index is 1.51. The molecule has 0 spiro atoms. The third-order valence-corrected chi connectivity index (χ3v) is 4.75. The molecule has 5 heteroatoms. The molecule has 0 N–H and O–H groups in total. The molecule has 0 radical (unpaired) electrons.